The van der Waals surface area contributed by atoms with E-state index in [4.69, 9.17) is 10.5 Å². The van der Waals surface area contributed by atoms with E-state index < -0.39 is 0 Å². The molecule has 1 atom stereocenters. The molecule has 0 amide bonds. The van der Waals surface area contributed by atoms with E-state index >= 15 is 0 Å². The molecule has 4 heteroatoms. The smallest absolute Gasteiger partial charge is 0.123 e. The van der Waals surface area contributed by atoms with Gasteiger partial charge in [0.1, 0.15) is 5.75 Å². The van der Waals surface area contributed by atoms with E-state index in [0.29, 0.717) is 12.0 Å². The van der Waals surface area contributed by atoms with Gasteiger partial charge in [-0.25, -0.2) is 0 Å². The summed E-state index contributed by atoms with van der Waals surface area (Å²) in [6.07, 6.45) is 1.43. The monoisotopic (exact) mass is 291 g/mol. The first kappa shape index (κ1) is 16.0. The Morgan fingerprint density at radius 3 is 2.67 bits per heavy atom. The van der Waals surface area contributed by atoms with Crippen LogP contribution in [0.1, 0.15) is 34.1 Å². The Bertz CT molecular complexity index is 459. The summed E-state index contributed by atoms with van der Waals surface area (Å²) in [7, 11) is 0. The molecule has 3 N–H and O–H groups in total. The number of nitrogens with two attached hydrogens (primary N) is 1. The minimum absolute atomic E-state index is 0.161. The van der Waals surface area contributed by atoms with Crippen LogP contribution in [0.25, 0.3) is 0 Å². The third-order valence-electron chi connectivity index (χ3n) is 3.94. The molecule has 1 heterocycles. The summed E-state index contributed by atoms with van der Waals surface area (Å²) in [4.78, 5) is 2.54. The van der Waals surface area contributed by atoms with Gasteiger partial charge in [0.2, 0.25) is 0 Å². The molecule has 118 valence electrons. The lowest BCUT2D eigenvalue weighted by Crippen LogP contribution is -2.29. The number of hydrogen-bond donors (Lipinski definition) is 2. The van der Waals surface area contributed by atoms with E-state index in [-0.39, 0.29) is 6.10 Å². The van der Waals surface area contributed by atoms with Crippen LogP contribution >= 0.6 is 0 Å². The Morgan fingerprint density at radius 2 is 2.05 bits per heavy atom. The molecule has 0 aromatic heterocycles. The highest BCUT2D eigenvalue weighted by molar-refractivity contribution is 5.59. The first-order chi connectivity index (χ1) is 9.94. The second-order valence-corrected chi connectivity index (χ2v) is 6.58. The lowest BCUT2D eigenvalue weighted by Gasteiger charge is -2.20. The molecule has 1 aromatic rings. The molecule has 2 rings (SSSR count). The molecule has 1 saturated heterocycles. The number of benzene rings is 1. The number of likely N-dealkylation sites (tertiary alicyclic amines) is 1. The first-order valence-electron chi connectivity index (χ1n) is 7.99. The topological polar surface area (TPSA) is 50.5 Å². The fraction of sp³-hybridized carbons (Fsp3) is 0.647. The lowest BCUT2D eigenvalue weighted by molar-refractivity contribution is 0.242. The number of anilines is 2. The van der Waals surface area contributed by atoms with Crippen LogP contribution in [-0.4, -0.2) is 36.7 Å². The maximum Gasteiger partial charge on any atom is 0.123 e. The number of rotatable bonds is 6. The standard InChI is InChI=1S/C17H29N3O/c1-12(2)20-6-5-14(11-20)10-19-16-7-15(18)8-17(9-16)21-13(3)4/h7-9,12-14,19H,5-6,10-11,18H2,1-4H3. The third-order valence-corrected chi connectivity index (χ3v) is 3.94. The summed E-state index contributed by atoms with van der Waals surface area (Å²) in [5.41, 5.74) is 7.74. The zero-order valence-corrected chi connectivity index (χ0v) is 13.7. The molecule has 1 aliphatic rings. The second kappa shape index (κ2) is 7.03. The predicted molar refractivity (Wildman–Crippen MR) is 89.9 cm³/mol. The van der Waals surface area contributed by atoms with Gasteiger partial charge in [0.05, 0.1) is 6.10 Å². The van der Waals surface area contributed by atoms with Gasteiger partial charge < -0.3 is 20.7 Å². The lowest BCUT2D eigenvalue weighted by atomic mass is 10.1. The van der Waals surface area contributed by atoms with Crippen molar-refractivity contribution in [2.45, 2.75) is 46.3 Å². The van der Waals surface area contributed by atoms with Gasteiger partial charge in [0.15, 0.2) is 0 Å². The minimum Gasteiger partial charge on any atom is -0.491 e. The molecule has 1 aromatic carbocycles. The Morgan fingerprint density at radius 1 is 1.29 bits per heavy atom. The SMILES string of the molecule is CC(C)Oc1cc(N)cc(NCC2CCN(C(C)C)C2)c1. The van der Waals surface area contributed by atoms with E-state index in [1.54, 1.807) is 0 Å². The summed E-state index contributed by atoms with van der Waals surface area (Å²) < 4.78 is 5.73. The van der Waals surface area contributed by atoms with E-state index in [1.807, 2.05) is 32.0 Å². The molecule has 1 aliphatic heterocycles. The van der Waals surface area contributed by atoms with Crippen molar-refractivity contribution in [3.05, 3.63) is 18.2 Å². The zero-order chi connectivity index (χ0) is 15.4. The Balaban J connectivity index is 1.90. The number of nitrogens with one attached hydrogen (secondary N) is 1. The van der Waals surface area contributed by atoms with Gasteiger partial charge >= 0.3 is 0 Å². The Hall–Kier alpha value is -1.42. The molecular weight excluding hydrogens is 262 g/mol. The maximum absolute atomic E-state index is 5.95. The van der Waals surface area contributed by atoms with Crippen LogP contribution in [-0.2, 0) is 0 Å². The van der Waals surface area contributed by atoms with Crippen LogP contribution in [0, 0.1) is 5.92 Å². The van der Waals surface area contributed by atoms with Crippen molar-refractivity contribution in [2.75, 3.05) is 30.7 Å². The molecule has 1 unspecified atom stereocenters. The van der Waals surface area contributed by atoms with Crippen molar-refractivity contribution >= 4 is 11.4 Å². The second-order valence-electron chi connectivity index (χ2n) is 6.58. The van der Waals surface area contributed by atoms with Crippen molar-refractivity contribution in [1.29, 1.82) is 0 Å². The molecule has 0 aliphatic carbocycles. The largest absolute Gasteiger partial charge is 0.491 e. The molecule has 1 fully saturated rings. The average Bonchev–Trinajstić information content (AvgIpc) is 2.83. The van der Waals surface area contributed by atoms with Crippen molar-refractivity contribution in [2.24, 2.45) is 5.92 Å². The van der Waals surface area contributed by atoms with Crippen LogP contribution < -0.4 is 15.8 Å². The fourth-order valence-corrected chi connectivity index (χ4v) is 2.82. The summed E-state index contributed by atoms with van der Waals surface area (Å²) >= 11 is 0. The third kappa shape index (κ3) is 4.81. The fourth-order valence-electron chi connectivity index (χ4n) is 2.82. The van der Waals surface area contributed by atoms with Crippen LogP contribution in [0.5, 0.6) is 5.75 Å². The quantitative estimate of drug-likeness (QED) is 0.790. The van der Waals surface area contributed by atoms with Gasteiger partial charge in [-0.15, -0.1) is 0 Å². The summed E-state index contributed by atoms with van der Waals surface area (Å²) in [6, 6.07) is 6.53. The number of ether oxygens (including phenoxy) is 1. The Kier molecular flexibility index (Phi) is 5.34. The van der Waals surface area contributed by atoms with Crippen molar-refractivity contribution < 1.29 is 4.74 Å². The van der Waals surface area contributed by atoms with Crippen molar-refractivity contribution in [3.8, 4) is 5.75 Å². The van der Waals surface area contributed by atoms with Gasteiger partial charge in [-0.05, 0) is 52.6 Å². The van der Waals surface area contributed by atoms with Crippen LogP contribution in [0.3, 0.4) is 0 Å². The number of nitrogen functional groups attached to an aromatic ring is 1. The van der Waals surface area contributed by atoms with Crippen LogP contribution in [0.4, 0.5) is 11.4 Å². The van der Waals surface area contributed by atoms with E-state index in [0.717, 1.165) is 23.7 Å². The van der Waals surface area contributed by atoms with Gasteiger partial charge in [-0.2, -0.15) is 0 Å². The molecule has 0 spiro atoms. The average molecular weight is 291 g/mol. The first-order valence-corrected chi connectivity index (χ1v) is 7.99. The van der Waals surface area contributed by atoms with Gasteiger partial charge in [-0.1, -0.05) is 0 Å². The maximum atomic E-state index is 5.95. The Labute approximate surface area is 128 Å². The zero-order valence-electron chi connectivity index (χ0n) is 13.7. The molecule has 21 heavy (non-hydrogen) atoms. The van der Waals surface area contributed by atoms with E-state index in [1.165, 1.54) is 19.5 Å². The normalized spacial score (nSPS) is 19.4. The highest BCUT2D eigenvalue weighted by atomic mass is 16.5. The number of nitrogens with zero attached hydrogens (tertiary/aromatic N) is 1. The minimum atomic E-state index is 0.161. The highest BCUT2D eigenvalue weighted by Gasteiger charge is 2.23. The molecule has 0 bridgehead atoms. The summed E-state index contributed by atoms with van der Waals surface area (Å²) in [5.74, 6) is 1.55. The molecular formula is C17H29N3O. The highest BCUT2D eigenvalue weighted by Crippen LogP contribution is 2.25. The molecule has 4 nitrogen and oxygen atoms in total. The molecule has 0 saturated carbocycles. The van der Waals surface area contributed by atoms with Crippen molar-refractivity contribution in [1.82, 2.24) is 4.90 Å². The number of hydrogen-bond acceptors (Lipinski definition) is 4. The van der Waals surface area contributed by atoms with Crippen molar-refractivity contribution in [3.63, 3.8) is 0 Å². The molecule has 0 radical (unpaired) electrons. The van der Waals surface area contributed by atoms with Crippen LogP contribution in [0.15, 0.2) is 18.2 Å². The van der Waals surface area contributed by atoms with E-state index in [9.17, 15) is 0 Å². The van der Waals surface area contributed by atoms with E-state index in [2.05, 4.69) is 24.1 Å². The van der Waals surface area contributed by atoms with Gasteiger partial charge in [0, 0.05) is 42.6 Å². The van der Waals surface area contributed by atoms with Gasteiger partial charge in [0.25, 0.3) is 0 Å². The van der Waals surface area contributed by atoms with Crippen LogP contribution in [0.2, 0.25) is 0 Å². The summed E-state index contributed by atoms with van der Waals surface area (Å²) in [5, 5.41) is 3.51. The predicted octanol–water partition coefficient (Wildman–Crippen LogP) is 3.20. The summed E-state index contributed by atoms with van der Waals surface area (Å²) in [6.45, 7) is 12.0. The van der Waals surface area contributed by atoms with Gasteiger partial charge in [-0.3, -0.25) is 0 Å².